The second-order valence-electron chi connectivity index (χ2n) is 6.09. The molecular weight excluding hydrogens is 401 g/mol. The predicted octanol–water partition coefficient (Wildman–Crippen LogP) is 3.94. The van der Waals surface area contributed by atoms with Crippen molar-refractivity contribution in [3.63, 3.8) is 0 Å². The molecule has 6 nitrogen and oxygen atoms in total. The van der Waals surface area contributed by atoms with Crippen LogP contribution in [0.4, 0.5) is 0 Å². The lowest BCUT2D eigenvalue weighted by Crippen LogP contribution is -2.41. The van der Waals surface area contributed by atoms with E-state index in [1.807, 2.05) is 19.9 Å². The first-order chi connectivity index (χ1) is 13.4. The summed E-state index contributed by atoms with van der Waals surface area (Å²) in [4.78, 5) is 23.3. The molecule has 0 radical (unpaired) electrons. The maximum Gasteiger partial charge on any atom is 0.329 e. The molecule has 0 aliphatic carbocycles. The minimum Gasteiger partial charge on any atom is -0.489 e. The van der Waals surface area contributed by atoms with Gasteiger partial charge in [0.15, 0.2) is 0 Å². The van der Waals surface area contributed by atoms with E-state index in [0.717, 1.165) is 12.0 Å². The van der Waals surface area contributed by atoms with Gasteiger partial charge in [0.05, 0.1) is 16.3 Å². The molecule has 2 aromatic carbocycles. The normalized spacial score (nSPS) is 11.9. The van der Waals surface area contributed by atoms with Crippen molar-refractivity contribution in [2.75, 3.05) is 0 Å². The summed E-state index contributed by atoms with van der Waals surface area (Å²) in [5.74, 6) is -0.912. The highest BCUT2D eigenvalue weighted by atomic mass is 35.5. The van der Waals surface area contributed by atoms with Gasteiger partial charge in [-0.3, -0.25) is 9.59 Å². The number of hydrazone groups is 1. The molecule has 0 aliphatic rings. The molecule has 28 heavy (non-hydrogen) atoms. The zero-order valence-electron chi connectivity index (χ0n) is 15.5. The highest BCUT2D eigenvalue weighted by Gasteiger charge is 2.14. The molecule has 2 amide bonds. The monoisotopic (exact) mass is 421 g/mol. The summed E-state index contributed by atoms with van der Waals surface area (Å²) < 4.78 is 5.73. The Balaban J connectivity index is 1.89. The molecular formula is C20H21Cl2N3O3. The smallest absolute Gasteiger partial charge is 0.329 e. The summed E-state index contributed by atoms with van der Waals surface area (Å²) in [6, 6.07) is 12.4. The molecule has 0 heterocycles. The fraction of sp³-hybridized carbons (Fsp3) is 0.250. The highest BCUT2D eigenvalue weighted by Crippen LogP contribution is 2.23. The van der Waals surface area contributed by atoms with Crippen LogP contribution in [0.3, 0.4) is 0 Å². The van der Waals surface area contributed by atoms with Crippen LogP contribution in [-0.2, 0) is 16.2 Å². The number of amides is 2. The number of hydrogen-bond donors (Lipinski definition) is 2. The average Bonchev–Trinajstić information content (AvgIpc) is 2.69. The zero-order valence-corrected chi connectivity index (χ0v) is 17.1. The topological polar surface area (TPSA) is 79.8 Å². The first-order valence-electron chi connectivity index (χ1n) is 8.69. The molecule has 0 bridgehead atoms. The van der Waals surface area contributed by atoms with Gasteiger partial charge in [-0.25, -0.2) is 5.43 Å². The minimum absolute atomic E-state index is 0.0772. The third kappa shape index (κ3) is 6.87. The van der Waals surface area contributed by atoms with Gasteiger partial charge in [0.25, 0.3) is 0 Å². The van der Waals surface area contributed by atoms with Gasteiger partial charge in [0.2, 0.25) is 0 Å². The van der Waals surface area contributed by atoms with E-state index in [1.54, 1.807) is 36.4 Å². The summed E-state index contributed by atoms with van der Waals surface area (Å²) in [6.07, 6.45) is 2.16. The number of rotatable bonds is 7. The molecule has 0 aliphatic heterocycles. The van der Waals surface area contributed by atoms with E-state index in [2.05, 4.69) is 15.8 Å². The van der Waals surface area contributed by atoms with Crippen molar-refractivity contribution in [2.24, 2.45) is 5.10 Å². The van der Waals surface area contributed by atoms with Crippen LogP contribution < -0.4 is 15.5 Å². The van der Waals surface area contributed by atoms with E-state index < -0.39 is 11.8 Å². The standard InChI is InChI=1S/C20H21Cl2N3O3/c1-3-13(2)24-19(26)20(27)25-23-11-14-5-4-6-16(9-14)28-12-15-7-8-17(21)18(22)10-15/h4-11,13H,3,12H2,1-2H3,(H,24,26)(H,25,27)/b23-11-/t13-/m0/s1. The van der Waals surface area contributed by atoms with Crippen LogP contribution in [-0.4, -0.2) is 24.1 Å². The third-order valence-electron chi connectivity index (χ3n) is 3.82. The van der Waals surface area contributed by atoms with E-state index in [4.69, 9.17) is 27.9 Å². The molecule has 1 atom stereocenters. The first kappa shape index (κ1) is 21.7. The van der Waals surface area contributed by atoms with Gasteiger partial charge in [-0.05, 0) is 48.7 Å². The Hall–Kier alpha value is -2.57. The summed E-state index contributed by atoms with van der Waals surface area (Å²) in [5.41, 5.74) is 3.79. The van der Waals surface area contributed by atoms with Gasteiger partial charge in [0.1, 0.15) is 12.4 Å². The maximum absolute atomic E-state index is 11.7. The number of nitrogens with one attached hydrogen (secondary N) is 2. The van der Waals surface area contributed by atoms with Crippen LogP contribution in [0.25, 0.3) is 0 Å². The predicted molar refractivity (Wildman–Crippen MR) is 111 cm³/mol. The number of ether oxygens (including phenoxy) is 1. The highest BCUT2D eigenvalue weighted by molar-refractivity contribution is 6.42. The average molecular weight is 422 g/mol. The molecule has 2 N–H and O–H groups in total. The van der Waals surface area contributed by atoms with E-state index in [1.165, 1.54) is 6.21 Å². The number of halogens is 2. The molecule has 0 aromatic heterocycles. The quantitative estimate of drug-likeness (QED) is 0.403. The Kier molecular flexibility index (Phi) is 8.29. The Labute approximate surface area is 173 Å². The van der Waals surface area contributed by atoms with Crippen molar-refractivity contribution < 1.29 is 14.3 Å². The van der Waals surface area contributed by atoms with Crippen molar-refractivity contribution in [2.45, 2.75) is 32.9 Å². The molecule has 0 fully saturated rings. The van der Waals surface area contributed by atoms with Gasteiger partial charge in [-0.2, -0.15) is 5.10 Å². The zero-order chi connectivity index (χ0) is 20.5. The van der Waals surface area contributed by atoms with Crippen LogP contribution in [0, 0.1) is 0 Å². The summed E-state index contributed by atoms with van der Waals surface area (Å²) in [7, 11) is 0. The van der Waals surface area contributed by atoms with Gasteiger partial charge >= 0.3 is 11.8 Å². The number of nitrogens with zero attached hydrogens (tertiary/aromatic N) is 1. The van der Waals surface area contributed by atoms with Gasteiger partial charge in [-0.15, -0.1) is 0 Å². The second-order valence-corrected chi connectivity index (χ2v) is 6.91. The molecule has 8 heteroatoms. The van der Waals surface area contributed by atoms with Gasteiger partial charge in [0, 0.05) is 6.04 Å². The number of benzene rings is 2. The van der Waals surface area contributed by atoms with Crippen LogP contribution >= 0.6 is 23.2 Å². The lowest BCUT2D eigenvalue weighted by Gasteiger charge is -2.09. The summed E-state index contributed by atoms with van der Waals surface area (Å²) >= 11 is 11.9. The molecule has 2 rings (SSSR count). The largest absolute Gasteiger partial charge is 0.489 e. The molecule has 2 aromatic rings. The van der Waals surface area contributed by atoms with Gasteiger partial charge < -0.3 is 10.1 Å². The summed E-state index contributed by atoms with van der Waals surface area (Å²) in [6.45, 7) is 4.06. The van der Waals surface area contributed by atoms with Crippen LogP contribution in [0.15, 0.2) is 47.6 Å². The molecule has 148 valence electrons. The van der Waals surface area contributed by atoms with Crippen LogP contribution in [0.1, 0.15) is 31.4 Å². The van der Waals surface area contributed by atoms with Crippen LogP contribution in [0.2, 0.25) is 10.0 Å². The van der Waals surface area contributed by atoms with E-state index in [0.29, 0.717) is 28.0 Å². The van der Waals surface area contributed by atoms with Crippen molar-refractivity contribution in [3.05, 3.63) is 63.6 Å². The molecule has 0 unspecified atom stereocenters. The number of carbonyl (C=O) groups excluding carboxylic acids is 2. The van der Waals surface area contributed by atoms with Crippen molar-refractivity contribution in [3.8, 4) is 5.75 Å². The van der Waals surface area contributed by atoms with Gasteiger partial charge in [-0.1, -0.05) is 48.3 Å². The lowest BCUT2D eigenvalue weighted by molar-refractivity contribution is -0.139. The second kappa shape index (κ2) is 10.7. The first-order valence-corrected chi connectivity index (χ1v) is 9.45. The Morgan fingerprint density at radius 2 is 1.93 bits per heavy atom. The Morgan fingerprint density at radius 1 is 1.14 bits per heavy atom. The minimum atomic E-state index is -0.816. The van der Waals surface area contributed by atoms with E-state index in [-0.39, 0.29) is 6.04 Å². The number of carbonyl (C=O) groups is 2. The fourth-order valence-electron chi connectivity index (χ4n) is 2.09. The molecule has 0 saturated carbocycles. The molecule has 0 spiro atoms. The third-order valence-corrected chi connectivity index (χ3v) is 4.56. The Morgan fingerprint density at radius 3 is 2.64 bits per heavy atom. The Bertz CT molecular complexity index is 872. The van der Waals surface area contributed by atoms with Crippen LogP contribution in [0.5, 0.6) is 5.75 Å². The van der Waals surface area contributed by atoms with E-state index >= 15 is 0 Å². The fourth-order valence-corrected chi connectivity index (χ4v) is 2.41. The lowest BCUT2D eigenvalue weighted by atomic mass is 10.2. The number of hydrogen-bond acceptors (Lipinski definition) is 4. The van der Waals surface area contributed by atoms with E-state index in [9.17, 15) is 9.59 Å². The van der Waals surface area contributed by atoms with Crippen molar-refractivity contribution >= 4 is 41.2 Å². The van der Waals surface area contributed by atoms with Crippen molar-refractivity contribution in [1.29, 1.82) is 0 Å². The SMILES string of the molecule is CC[C@H](C)NC(=O)C(=O)N/N=C\c1cccc(OCc2ccc(Cl)c(Cl)c2)c1. The molecule has 0 saturated heterocycles. The summed E-state index contributed by atoms with van der Waals surface area (Å²) in [5, 5.41) is 7.33. The maximum atomic E-state index is 11.7. The van der Waals surface area contributed by atoms with Crippen molar-refractivity contribution in [1.82, 2.24) is 10.7 Å².